The van der Waals surface area contributed by atoms with E-state index in [0.29, 0.717) is 11.3 Å². The van der Waals surface area contributed by atoms with Crippen LogP contribution in [0.3, 0.4) is 0 Å². The topological polar surface area (TPSA) is 67.8 Å². The fraction of sp³-hybridized carbons (Fsp3) is 0. The van der Waals surface area contributed by atoms with Crippen molar-refractivity contribution in [3.05, 3.63) is 96.8 Å². The number of rotatable bonds is 2. The third kappa shape index (κ3) is 2.79. The second kappa shape index (κ2) is 6.85. The summed E-state index contributed by atoms with van der Waals surface area (Å²) in [4.78, 5) is 27.4. The summed E-state index contributed by atoms with van der Waals surface area (Å²) in [6.45, 7) is 0. The minimum Gasteiger partial charge on any atom is -0.321 e. The zero-order valence-electron chi connectivity index (χ0n) is 16.4. The Hall–Kier alpha value is -4.38. The van der Waals surface area contributed by atoms with Crippen LogP contribution in [0.15, 0.2) is 91.3 Å². The minimum atomic E-state index is -0.178. The Morgan fingerprint density at radius 2 is 1.29 bits per heavy atom. The zero-order chi connectivity index (χ0) is 20.8. The molecular formula is C26H16N4O. The van der Waals surface area contributed by atoms with E-state index < -0.39 is 0 Å². The lowest BCUT2D eigenvalue weighted by Crippen LogP contribution is -2.14. The molecular weight excluding hydrogens is 384 g/mol. The molecule has 3 aromatic carbocycles. The molecule has 0 atom stereocenters. The molecule has 0 saturated heterocycles. The highest BCUT2D eigenvalue weighted by Crippen LogP contribution is 2.31. The summed E-state index contributed by atoms with van der Waals surface area (Å²) in [7, 11) is 0. The molecule has 0 aliphatic heterocycles. The number of hydrogen-bond donors (Lipinski definition) is 1. The average Bonchev–Trinajstić information content (AvgIpc) is 2.82. The second-order valence-corrected chi connectivity index (χ2v) is 7.37. The van der Waals surface area contributed by atoms with Gasteiger partial charge in [-0.3, -0.25) is 14.8 Å². The summed E-state index contributed by atoms with van der Waals surface area (Å²) >= 11 is 0. The molecule has 1 amide bonds. The summed E-state index contributed by atoms with van der Waals surface area (Å²) in [5.41, 5.74) is 4.49. The summed E-state index contributed by atoms with van der Waals surface area (Å²) in [6.07, 6.45) is 3.50. The molecule has 146 valence electrons. The Morgan fingerprint density at radius 3 is 2.03 bits per heavy atom. The van der Waals surface area contributed by atoms with Crippen LogP contribution in [0.4, 0.5) is 5.69 Å². The van der Waals surface area contributed by atoms with Crippen LogP contribution in [-0.4, -0.2) is 20.9 Å². The van der Waals surface area contributed by atoms with Crippen molar-refractivity contribution < 1.29 is 4.79 Å². The van der Waals surface area contributed by atoms with E-state index in [2.05, 4.69) is 15.3 Å². The van der Waals surface area contributed by atoms with Crippen molar-refractivity contribution in [2.75, 3.05) is 5.32 Å². The first-order valence-corrected chi connectivity index (χ1v) is 10.0. The number of carbonyl (C=O) groups excluding carboxylic acids is 1. The molecule has 0 bridgehead atoms. The summed E-state index contributed by atoms with van der Waals surface area (Å²) in [5, 5.41) is 6.56. The van der Waals surface area contributed by atoms with Gasteiger partial charge in [0.2, 0.25) is 0 Å². The second-order valence-electron chi connectivity index (χ2n) is 7.37. The molecule has 3 aromatic heterocycles. The number of fused-ring (bicyclic) bond motifs is 5. The molecule has 0 aliphatic rings. The van der Waals surface area contributed by atoms with E-state index in [0.717, 1.165) is 43.6 Å². The first-order chi connectivity index (χ1) is 15.3. The minimum absolute atomic E-state index is 0.178. The maximum absolute atomic E-state index is 13.6. The highest BCUT2D eigenvalue weighted by atomic mass is 16.1. The Morgan fingerprint density at radius 1 is 0.677 bits per heavy atom. The van der Waals surface area contributed by atoms with Crippen LogP contribution in [0, 0.1) is 0 Å². The van der Waals surface area contributed by atoms with E-state index in [4.69, 9.17) is 4.98 Å². The van der Waals surface area contributed by atoms with Gasteiger partial charge in [0.25, 0.3) is 5.91 Å². The van der Waals surface area contributed by atoms with E-state index in [1.54, 1.807) is 12.4 Å². The highest BCUT2D eigenvalue weighted by molar-refractivity contribution is 6.22. The first-order valence-electron chi connectivity index (χ1n) is 10.0. The number of pyridine rings is 3. The van der Waals surface area contributed by atoms with Gasteiger partial charge in [0, 0.05) is 33.9 Å². The molecule has 0 saturated carbocycles. The Labute approximate surface area is 177 Å². The van der Waals surface area contributed by atoms with Gasteiger partial charge in [-0.25, -0.2) is 4.98 Å². The Kier molecular flexibility index (Phi) is 3.86. The van der Waals surface area contributed by atoms with Gasteiger partial charge < -0.3 is 5.32 Å². The van der Waals surface area contributed by atoms with Gasteiger partial charge in [-0.05, 0) is 36.4 Å². The van der Waals surface area contributed by atoms with Crippen molar-refractivity contribution in [1.29, 1.82) is 0 Å². The predicted octanol–water partition coefficient (Wildman–Crippen LogP) is 5.74. The predicted molar refractivity (Wildman–Crippen MR) is 124 cm³/mol. The molecule has 6 aromatic rings. The SMILES string of the molecule is O=C(Nc1cc2cccnc2c2ncccc12)c1c2ccccc2nc2ccccc12. The number of aromatic nitrogens is 3. The fourth-order valence-corrected chi connectivity index (χ4v) is 4.15. The van der Waals surface area contributed by atoms with Crippen molar-refractivity contribution in [1.82, 2.24) is 15.0 Å². The molecule has 3 heterocycles. The van der Waals surface area contributed by atoms with E-state index in [1.165, 1.54) is 0 Å². The van der Waals surface area contributed by atoms with Crippen LogP contribution in [0.2, 0.25) is 0 Å². The van der Waals surface area contributed by atoms with Gasteiger partial charge in [0.1, 0.15) is 0 Å². The molecule has 0 unspecified atom stereocenters. The lowest BCUT2D eigenvalue weighted by atomic mass is 10.0. The highest BCUT2D eigenvalue weighted by Gasteiger charge is 2.18. The number of amides is 1. The van der Waals surface area contributed by atoms with Crippen LogP contribution in [0.1, 0.15) is 10.4 Å². The van der Waals surface area contributed by atoms with Gasteiger partial charge in [-0.1, -0.05) is 42.5 Å². The molecule has 0 fully saturated rings. The molecule has 0 spiro atoms. The molecule has 0 radical (unpaired) electrons. The Balaban J connectivity index is 1.58. The van der Waals surface area contributed by atoms with E-state index >= 15 is 0 Å². The summed E-state index contributed by atoms with van der Waals surface area (Å²) in [6, 6.07) is 25.1. The van der Waals surface area contributed by atoms with Gasteiger partial charge in [0.15, 0.2) is 0 Å². The monoisotopic (exact) mass is 400 g/mol. The van der Waals surface area contributed by atoms with Crippen LogP contribution >= 0.6 is 0 Å². The van der Waals surface area contributed by atoms with Crippen molar-refractivity contribution in [3.63, 3.8) is 0 Å². The van der Waals surface area contributed by atoms with E-state index in [9.17, 15) is 4.79 Å². The van der Waals surface area contributed by atoms with Crippen LogP contribution in [0.5, 0.6) is 0 Å². The maximum atomic E-state index is 13.6. The largest absolute Gasteiger partial charge is 0.321 e. The smallest absolute Gasteiger partial charge is 0.257 e. The first kappa shape index (κ1) is 17.5. The number of para-hydroxylation sites is 2. The number of nitrogens with zero attached hydrogens (tertiary/aromatic N) is 3. The lowest BCUT2D eigenvalue weighted by molar-refractivity contribution is 0.103. The molecule has 31 heavy (non-hydrogen) atoms. The van der Waals surface area contributed by atoms with E-state index in [-0.39, 0.29) is 5.91 Å². The number of nitrogens with one attached hydrogen (secondary N) is 1. The third-order valence-corrected chi connectivity index (χ3v) is 5.52. The van der Waals surface area contributed by atoms with Gasteiger partial charge in [0.05, 0.1) is 33.3 Å². The van der Waals surface area contributed by atoms with Gasteiger partial charge >= 0.3 is 0 Å². The number of benzene rings is 3. The lowest BCUT2D eigenvalue weighted by Gasteiger charge is -2.13. The standard InChI is InChI=1S/C26H16N4O/c31-26(23-17-8-1-3-11-20(17)29-21-12-4-2-9-18(21)23)30-22-15-16-7-5-13-27-24(16)25-19(22)10-6-14-28-25/h1-15H,(H,30,31). The van der Waals surface area contributed by atoms with Crippen LogP contribution in [0.25, 0.3) is 43.6 Å². The van der Waals surface area contributed by atoms with Crippen molar-refractivity contribution in [2.45, 2.75) is 0 Å². The molecule has 0 aliphatic carbocycles. The number of carbonyl (C=O) groups is 1. The normalized spacial score (nSPS) is 11.4. The molecule has 1 N–H and O–H groups in total. The van der Waals surface area contributed by atoms with Crippen molar-refractivity contribution in [3.8, 4) is 0 Å². The van der Waals surface area contributed by atoms with Crippen LogP contribution in [-0.2, 0) is 0 Å². The average molecular weight is 400 g/mol. The van der Waals surface area contributed by atoms with Gasteiger partial charge in [-0.2, -0.15) is 0 Å². The molecule has 5 nitrogen and oxygen atoms in total. The Bertz CT molecular complexity index is 1590. The molecule has 6 rings (SSSR count). The molecule has 5 heteroatoms. The third-order valence-electron chi connectivity index (χ3n) is 5.52. The van der Waals surface area contributed by atoms with Crippen LogP contribution < -0.4 is 5.32 Å². The fourth-order valence-electron chi connectivity index (χ4n) is 4.15. The quantitative estimate of drug-likeness (QED) is 0.297. The van der Waals surface area contributed by atoms with Crippen molar-refractivity contribution >= 4 is 55.2 Å². The maximum Gasteiger partial charge on any atom is 0.257 e. The number of anilines is 1. The van der Waals surface area contributed by atoms with Crippen molar-refractivity contribution in [2.24, 2.45) is 0 Å². The summed E-state index contributed by atoms with van der Waals surface area (Å²) < 4.78 is 0. The van der Waals surface area contributed by atoms with Gasteiger partial charge in [-0.15, -0.1) is 0 Å². The number of hydrogen-bond acceptors (Lipinski definition) is 4. The zero-order valence-corrected chi connectivity index (χ0v) is 16.4. The summed E-state index contributed by atoms with van der Waals surface area (Å²) in [5.74, 6) is -0.178. The van der Waals surface area contributed by atoms with E-state index in [1.807, 2.05) is 78.9 Å².